The predicted octanol–water partition coefficient (Wildman–Crippen LogP) is 2.89. The van der Waals surface area contributed by atoms with Crippen LogP contribution in [0.15, 0.2) is 18.2 Å². The quantitative estimate of drug-likeness (QED) is 0.776. The number of halogens is 3. The van der Waals surface area contributed by atoms with Gasteiger partial charge in [-0.2, -0.15) is 0 Å². The van der Waals surface area contributed by atoms with Crippen molar-refractivity contribution in [1.82, 2.24) is 5.32 Å². The average Bonchev–Trinajstić information content (AvgIpc) is 2.49. The number of aliphatic hydroxyl groups is 1. The van der Waals surface area contributed by atoms with Crippen LogP contribution in [-0.4, -0.2) is 36.3 Å². The number of benzene rings is 1. The van der Waals surface area contributed by atoms with Gasteiger partial charge in [0.15, 0.2) is 0 Å². The summed E-state index contributed by atoms with van der Waals surface area (Å²) in [7, 11) is 0. The highest BCUT2D eigenvalue weighted by Crippen LogP contribution is 2.26. The maximum Gasteiger partial charge on any atom is 0.319 e. The molecule has 2 atom stereocenters. The smallest absolute Gasteiger partial charge is 0.319 e. The summed E-state index contributed by atoms with van der Waals surface area (Å²) in [4.78, 5) is 12.0. The van der Waals surface area contributed by atoms with Crippen LogP contribution in [0.2, 0.25) is 0 Å². The van der Waals surface area contributed by atoms with Crippen LogP contribution >= 0.6 is 0 Å². The Morgan fingerprint density at radius 3 is 2.78 bits per heavy atom. The molecule has 1 aromatic carbocycles. The topological polar surface area (TPSA) is 70.6 Å². The maximum atomic E-state index is 13.2. The number of carbonyl (C=O) groups is 1. The fourth-order valence-electron chi connectivity index (χ4n) is 2.48. The van der Waals surface area contributed by atoms with Crippen molar-refractivity contribution in [3.8, 4) is 5.75 Å². The molecule has 1 aromatic rings. The first-order valence-corrected chi connectivity index (χ1v) is 7.42. The lowest BCUT2D eigenvalue weighted by Gasteiger charge is -2.28. The first-order valence-electron chi connectivity index (χ1n) is 7.42. The molecule has 23 heavy (non-hydrogen) atoms. The van der Waals surface area contributed by atoms with E-state index in [0.717, 1.165) is 25.0 Å². The first kappa shape index (κ1) is 17.4. The van der Waals surface area contributed by atoms with Gasteiger partial charge in [0, 0.05) is 6.07 Å². The number of amides is 2. The van der Waals surface area contributed by atoms with Crippen molar-refractivity contribution in [2.24, 2.45) is 0 Å². The highest BCUT2D eigenvalue weighted by atomic mass is 19.3. The summed E-state index contributed by atoms with van der Waals surface area (Å²) in [6.07, 6.45) is -0.238. The molecule has 1 aliphatic rings. The molecule has 128 valence electrons. The second-order valence-electron chi connectivity index (χ2n) is 5.40. The summed E-state index contributed by atoms with van der Waals surface area (Å²) < 4.78 is 42.5. The third-order valence-corrected chi connectivity index (χ3v) is 3.60. The van der Waals surface area contributed by atoms with Gasteiger partial charge in [-0.3, -0.25) is 0 Å². The van der Waals surface area contributed by atoms with Crippen molar-refractivity contribution in [2.45, 2.75) is 44.3 Å². The Morgan fingerprint density at radius 2 is 2.09 bits per heavy atom. The van der Waals surface area contributed by atoms with Crippen molar-refractivity contribution in [2.75, 3.05) is 11.9 Å². The van der Waals surface area contributed by atoms with E-state index < -0.39 is 31.0 Å². The monoisotopic (exact) mass is 332 g/mol. The average molecular weight is 332 g/mol. The number of alkyl halides is 2. The molecule has 0 aliphatic heterocycles. The van der Waals surface area contributed by atoms with Gasteiger partial charge < -0.3 is 20.5 Å². The van der Waals surface area contributed by atoms with Crippen LogP contribution < -0.4 is 15.4 Å². The Morgan fingerprint density at radius 1 is 1.35 bits per heavy atom. The number of ether oxygens (including phenoxy) is 1. The van der Waals surface area contributed by atoms with E-state index in [4.69, 9.17) is 4.74 Å². The van der Waals surface area contributed by atoms with E-state index >= 15 is 0 Å². The minimum Gasteiger partial charge on any atom is -0.485 e. The summed E-state index contributed by atoms with van der Waals surface area (Å²) in [5, 5.41) is 14.9. The van der Waals surface area contributed by atoms with Crippen LogP contribution in [-0.2, 0) is 0 Å². The normalized spacial score (nSPS) is 21.1. The highest BCUT2D eigenvalue weighted by molar-refractivity contribution is 5.91. The zero-order chi connectivity index (χ0) is 16.8. The van der Waals surface area contributed by atoms with E-state index in [1.807, 2.05) is 0 Å². The second-order valence-corrected chi connectivity index (χ2v) is 5.40. The number of anilines is 1. The zero-order valence-corrected chi connectivity index (χ0v) is 12.4. The number of aliphatic hydroxyl groups excluding tert-OH is 1. The third kappa shape index (κ3) is 5.31. The van der Waals surface area contributed by atoms with Crippen LogP contribution in [0.4, 0.5) is 23.7 Å². The lowest BCUT2D eigenvalue weighted by atomic mass is 9.93. The largest absolute Gasteiger partial charge is 0.485 e. The van der Waals surface area contributed by atoms with E-state index in [9.17, 15) is 23.1 Å². The SMILES string of the molecule is O=C(Nc1ccc(F)cc1OCC(F)F)NC1CCCCC1O. The van der Waals surface area contributed by atoms with Gasteiger partial charge in [-0.25, -0.2) is 18.0 Å². The molecule has 0 bridgehead atoms. The molecule has 0 radical (unpaired) electrons. The van der Waals surface area contributed by atoms with Gasteiger partial charge in [-0.05, 0) is 25.0 Å². The third-order valence-electron chi connectivity index (χ3n) is 3.60. The maximum absolute atomic E-state index is 13.2. The Bertz CT molecular complexity index is 543. The summed E-state index contributed by atoms with van der Waals surface area (Å²) in [5.41, 5.74) is 0.0786. The van der Waals surface area contributed by atoms with E-state index in [1.165, 1.54) is 6.07 Å². The van der Waals surface area contributed by atoms with Crippen LogP contribution in [0.1, 0.15) is 25.7 Å². The molecule has 1 fully saturated rings. The Balaban J connectivity index is 1.99. The Hall–Kier alpha value is -1.96. The van der Waals surface area contributed by atoms with Crippen molar-refractivity contribution >= 4 is 11.7 Å². The molecule has 5 nitrogen and oxygen atoms in total. The minimum atomic E-state index is -2.71. The minimum absolute atomic E-state index is 0.0786. The zero-order valence-electron chi connectivity index (χ0n) is 12.4. The number of carbonyl (C=O) groups excluding carboxylic acids is 1. The lowest BCUT2D eigenvalue weighted by Crippen LogP contribution is -2.46. The summed E-state index contributed by atoms with van der Waals surface area (Å²) in [6.45, 7) is -0.902. The van der Waals surface area contributed by atoms with E-state index in [0.29, 0.717) is 12.8 Å². The predicted molar refractivity (Wildman–Crippen MR) is 78.3 cm³/mol. The molecule has 2 rings (SSSR count). The number of hydrogen-bond acceptors (Lipinski definition) is 3. The number of rotatable bonds is 5. The van der Waals surface area contributed by atoms with Crippen LogP contribution in [0.3, 0.4) is 0 Å². The molecule has 3 N–H and O–H groups in total. The van der Waals surface area contributed by atoms with Crippen LogP contribution in [0.25, 0.3) is 0 Å². The summed E-state index contributed by atoms with van der Waals surface area (Å²) in [5.74, 6) is -0.840. The van der Waals surface area contributed by atoms with Gasteiger partial charge in [0.25, 0.3) is 6.43 Å². The Kier molecular flexibility index (Phi) is 6.09. The fraction of sp³-hybridized carbons (Fsp3) is 0.533. The molecule has 0 aromatic heterocycles. The first-order chi connectivity index (χ1) is 11.0. The van der Waals surface area contributed by atoms with Gasteiger partial charge in [-0.1, -0.05) is 12.8 Å². The van der Waals surface area contributed by atoms with Gasteiger partial charge >= 0.3 is 6.03 Å². The van der Waals surface area contributed by atoms with Gasteiger partial charge in [0.05, 0.1) is 17.8 Å². The molecule has 1 saturated carbocycles. The fourth-order valence-corrected chi connectivity index (χ4v) is 2.48. The highest BCUT2D eigenvalue weighted by Gasteiger charge is 2.24. The number of nitrogens with one attached hydrogen (secondary N) is 2. The van der Waals surface area contributed by atoms with E-state index in [2.05, 4.69) is 10.6 Å². The molecule has 1 aliphatic carbocycles. The molecule has 0 spiro atoms. The van der Waals surface area contributed by atoms with Crippen LogP contribution in [0, 0.1) is 5.82 Å². The van der Waals surface area contributed by atoms with Crippen molar-refractivity contribution < 1.29 is 27.8 Å². The van der Waals surface area contributed by atoms with E-state index in [1.54, 1.807) is 0 Å². The van der Waals surface area contributed by atoms with Crippen molar-refractivity contribution in [3.05, 3.63) is 24.0 Å². The second kappa shape index (κ2) is 8.05. The standard InChI is InChI=1S/C15H19F3N2O3/c16-9-5-6-11(13(7-9)23-8-14(17)18)20-15(22)19-10-3-1-2-4-12(10)21/h5-7,10,12,14,21H,1-4,8H2,(H2,19,20,22). The summed E-state index contributed by atoms with van der Waals surface area (Å²) in [6, 6.07) is 2.26. The molecule has 8 heteroatoms. The van der Waals surface area contributed by atoms with Gasteiger partial charge in [0.1, 0.15) is 18.2 Å². The van der Waals surface area contributed by atoms with Crippen LogP contribution in [0.5, 0.6) is 5.75 Å². The van der Waals surface area contributed by atoms with Crippen molar-refractivity contribution in [1.29, 1.82) is 0 Å². The van der Waals surface area contributed by atoms with Gasteiger partial charge in [0.2, 0.25) is 0 Å². The number of hydrogen-bond donors (Lipinski definition) is 3. The molecule has 0 saturated heterocycles. The molecule has 0 heterocycles. The van der Waals surface area contributed by atoms with Gasteiger partial charge in [-0.15, -0.1) is 0 Å². The van der Waals surface area contributed by atoms with E-state index in [-0.39, 0.29) is 17.5 Å². The lowest BCUT2D eigenvalue weighted by molar-refractivity contribution is 0.0820. The summed E-state index contributed by atoms with van der Waals surface area (Å²) >= 11 is 0. The number of urea groups is 1. The molecular weight excluding hydrogens is 313 g/mol. The Labute approximate surface area is 131 Å². The molecule has 2 amide bonds. The van der Waals surface area contributed by atoms with Crippen molar-refractivity contribution in [3.63, 3.8) is 0 Å². The molecular formula is C15H19F3N2O3. The molecule has 2 unspecified atom stereocenters.